The Balaban J connectivity index is 2.15. The Morgan fingerprint density at radius 2 is 2.17 bits per heavy atom. The quantitative estimate of drug-likeness (QED) is 0.921. The van der Waals surface area contributed by atoms with Gasteiger partial charge in [-0.15, -0.1) is 0 Å². The predicted octanol–water partition coefficient (Wildman–Crippen LogP) is 3.06. The number of nitrogens with one attached hydrogen (secondary N) is 1. The second-order valence-corrected chi connectivity index (χ2v) is 4.23. The van der Waals surface area contributed by atoms with Crippen molar-refractivity contribution in [3.05, 3.63) is 46.9 Å². The second-order valence-electron chi connectivity index (χ2n) is 3.82. The van der Waals surface area contributed by atoms with Crippen LogP contribution in [0.1, 0.15) is 11.3 Å². The monoisotopic (exact) mass is 263 g/mol. The lowest BCUT2D eigenvalue weighted by Gasteiger charge is -2.11. The van der Waals surface area contributed by atoms with E-state index in [9.17, 15) is 0 Å². The molecule has 0 amide bonds. The van der Waals surface area contributed by atoms with Crippen molar-refractivity contribution < 1.29 is 4.74 Å². The van der Waals surface area contributed by atoms with Gasteiger partial charge in [-0.1, -0.05) is 17.7 Å². The van der Waals surface area contributed by atoms with E-state index in [1.54, 1.807) is 7.11 Å². The number of benzene rings is 1. The Morgan fingerprint density at radius 3 is 2.89 bits per heavy atom. The number of anilines is 1. The van der Waals surface area contributed by atoms with E-state index in [0.29, 0.717) is 11.6 Å². The van der Waals surface area contributed by atoms with Crippen molar-refractivity contribution in [1.82, 2.24) is 9.97 Å². The van der Waals surface area contributed by atoms with Gasteiger partial charge in [-0.25, -0.2) is 9.97 Å². The molecule has 5 heteroatoms. The normalized spacial score (nSPS) is 10.2. The molecule has 0 aliphatic heterocycles. The molecule has 0 aliphatic rings. The fraction of sp³-hybridized carbons (Fsp3) is 0.231. The van der Waals surface area contributed by atoms with Crippen molar-refractivity contribution in [3.8, 4) is 5.75 Å². The highest BCUT2D eigenvalue weighted by molar-refractivity contribution is 6.31. The Hall–Kier alpha value is -1.81. The van der Waals surface area contributed by atoms with Crippen LogP contribution in [0.2, 0.25) is 5.02 Å². The first kappa shape index (κ1) is 12.6. The van der Waals surface area contributed by atoms with Gasteiger partial charge in [-0.2, -0.15) is 0 Å². The maximum atomic E-state index is 6.15. The molecule has 0 radical (unpaired) electrons. The fourth-order valence-corrected chi connectivity index (χ4v) is 1.86. The van der Waals surface area contributed by atoms with Crippen LogP contribution in [0.3, 0.4) is 0 Å². The molecule has 0 atom stereocenters. The minimum absolute atomic E-state index is 0.555. The van der Waals surface area contributed by atoms with E-state index in [2.05, 4.69) is 15.3 Å². The van der Waals surface area contributed by atoms with E-state index in [1.165, 1.54) is 6.33 Å². The minimum Gasteiger partial charge on any atom is -0.496 e. The van der Waals surface area contributed by atoms with Crippen LogP contribution in [-0.4, -0.2) is 17.1 Å². The molecular formula is C13H14ClN3O. The fourth-order valence-electron chi connectivity index (χ4n) is 1.63. The van der Waals surface area contributed by atoms with Gasteiger partial charge in [0.15, 0.2) is 0 Å². The summed E-state index contributed by atoms with van der Waals surface area (Å²) in [5.74, 6) is 1.53. The molecule has 0 fully saturated rings. The number of ether oxygens (including phenoxy) is 1. The number of nitrogens with zero attached hydrogens (tertiary/aromatic N) is 2. The van der Waals surface area contributed by atoms with Crippen LogP contribution in [0.25, 0.3) is 0 Å². The van der Waals surface area contributed by atoms with E-state index in [0.717, 1.165) is 22.8 Å². The van der Waals surface area contributed by atoms with Gasteiger partial charge >= 0.3 is 0 Å². The molecule has 0 bridgehead atoms. The Kier molecular flexibility index (Phi) is 3.99. The summed E-state index contributed by atoms with van der Waals surface area (Å²) in [5.41, 5.74) is 1.83. The van der Waals surface area contributed by atoms with Crippen molar-refractivity contribution in [3.63, 3.8) is 0 Å². The lowest BCUT2D eigenvalue weighted by atomic mass is 10.2. The zero-order valence-corrected chi connectivity index (χ0v) is 11.0. The Bertz CT molecular complexity index is 546. The summed E-state index contributed by atoms with van der Waals surface area (Å²) in [6.45, 7) is 2.47. The van der Waals surface area contributed by atoms with Gasteiger partial charge in [0.05, 0.1) is 7.11 Å². The molecule has 0 unspecified atom stereocenters. The van der Waals surface area contributed by atoms with E-state index in [4.69, 9.17) is 16.3 Å². The first-order chi connectivity index (χ1) is 8.70. The molecule has 0 saturated heterocycles. The summed E-state index contributed by atoms with van der Waals surface area (Å²) in [4.78, 5) is 8.18. The van der Waals surface area contributed by atoms with E-state index in [1.807, 2.05) is 31.2 Å². The first-order valence-electron chi connectivity index (χ1n) is 5.54. The standard InChI is InChI=1S/C13H14ClN3O/c1-9-6-13(17-8-16-9)15-7-10-11(14)4-3-5-12(10)18-2/h3-6,8H,7H2,1-2H3,(H,15,16,17). The summed E-state index contributed by atoms with van der Waals surface area (Å²) < 4.78 is 5.28. The number of methoxy groups -OCH3 is 1. The van der Waals surface area contributed by atoms with Crippen LogP contribution < -0.4 is 10.1 Å². The van der Waals surface area contributed by atoms with Gasteiger partial charge in [0.1, 0.15) is 17.9 Å². The lowest BCUT2D eigenvalue weighted by Crippen LogP contribution is -2.04. The SMILES string of the molecule is COc1cccc(Cl)c1CNc1cc(C)ncn1. The topological polar surface area (TPSA) is 47.0 Å². The second kappa shape index (κ2) is 5.69. The summed E-state index contributed by atoms with van der Waals surface area (Å²) in [6.07, 6.45) is 1.53. The third-order valence-electron chi connectivity index (χ3n) is 2.55. The third-order valence-corrected chi connectivity index (χ3v) is 2.90. The van der Waals surface area contributed by atoms with Crippen LogP contribution in [0.15, 0.2) is 30.6 Å². The lowest BCUT2D eigenvalue weighted by molar-refractivity contribution is 0.410. The summed E-state index contributed by atoms with van der Waals surface area (Å²) in [6, 6.07) is 7.46. The highest BCUT2D eigenvalue weighted by Gasteiger charge is 2.07. The zero-order valence-electron chi connectivity index (χ0n) is 10.3. The molecule has 2 aromatic rings. The van der Waals surface area contributed by atoms with Gasteiger partial charge in [0.2, 0.25) is 0 Å². The molecule has 2 rings (SSSR count). The molecule has 0 spiro atoms. The largest absolute Gasteiger partial charge is 0.496 e. The highest BCUT2D eigenvalue weighted by Crippen LogP contribution is 2.26. The molecule has 0 saturated carbocycles. The van der Waals surface area contributed by atoms with Gasteiger partial charge in [0, 0.05) is 28.9 Å². The van der Waals surface area contributed by atoms with Crippen molar-refractivity contribution in [2.24, 2.45) is 0 Å². The van der Waals surface area contributed by atoms with Crippen LogP contribution >= 0.6 is 11.6 Å². The van der Waals surface area contributed by atoms with Gasteiger partial charge < -0.3 is 10.1 Å². The number of aromatic nitrogens is 2. The molecule has 0 aliphatic carbocycles. The molecule has 1 aromatic carbocycles. The number of halogens is 1. The highest BCUT2D eigenvalue weighted by atomic mass is 35.5. The van der Waals surface area contributed by atoms with E-state index in [-0.39, 0.29) is 0 Å². The van der Waals surface area contributed by atoms with Crippen molar-refractivity contribution in [2.75, 3.05) is 12.4 Å². The zero-order chi connectivity index (χ0) is 13.0. The van der Waals surface area contributed by atoms with Crippen LogP contribution in [0.5, 0.6) is 5.75 Å². The summed E-state index contributed by atoms with van der Waals surface area (Å²) in [7, 11) is 1.63. The van der Waals surface area contributed by atoms with E-state index < -0.39 is 0 Å². The minimum atomic E-state index is 0.555. The average Bonchev–Trinajstić information content (AvgIpc) is 2.37. The van der Waals surface area contributed by atoms with Crippen LogP contribution in [-0.2, 0) is 6.54 Å². The van der Waals surface area contributed by atoms with Crippen molar-refractivity contribution >= 4 is 17.4 Å². The van der Waals surface area contributed by atoms with Crippen molar-refractivity contribution in [1.29, 1.82) is 0 Å². The number of hydrogen-bond acceptors (Lipinski definition) is 4. The Morgan fingerprint density at radius 1 is 1.33 bits per heavy atom. The smallest absolute Gasteiger partial charge is 0.129 e. The maximum absolute atomic E-state index is 6.15. The van der Waals surface area contributed by atoms with Gasteiger partial charge in [0.25, 0.3) is 0 Å². The van der Waals surface area contributed by atoms with E-state index >= 15 is 0 Å². The molecule has 18 heavy (non-hydrogen) atoms. The number of rotatable bonds is 4. The van der Waals surface area contributed by atoms with Crippen LogP contribution in [0, 0.1) is 6.92 Å². The van der Waals surface area contributed by atoms with Crippen molar-refractivity contribution in [2.45, 2.75) is 13.5 Å². The first-order valence-corrected chi connectivity index (χ1v) is 5.92. The summed E-state index contributed by atoms with van der Waals surface area (Å²) in [5, 5.41) is 3.88. The molecule has 1 aromatic heterocycles. The molecule has 1 N–H and O–H groups in total. The van der Waals surface area contributed by atoms with Gasteiger partial charge in [-0.05, 0) is 19.1 Å². The summed E-state index contributed by atoms with van der Waals surface area (Å²) >= 11 is 6.15. The number of aryl methyl sites for hydroxylation is 1. The third kappa shape index (κ3) is 2.90. The number of hydrogen-bond donors (Lipinski definition) is 1. The van der Waals surface area contributed by atoms with Crippen LogP contribution in [0.4, 0.5) is 5.82 Å². The van der Waals surface area contributed by atoms with Gasteiger partial charge in [-0.3, -0.25) is 0 Å². The predicted molar refractivity (Wildman–Crippen MR) is 72.1 cm³/mol. The average molecular weight is 264 g/mol. The maximum Gasteiger partial charge on any atom is 0.129 e. The molecule has 4 nitrogen and oxygen atoms in total. The Labute approximate surface area is 111 Å². The molecule has 94 valence electrons. The molecule has 1 heterocycles. The molecular weight excluding hydrogens is 250 g/mol.